The topological polar surface area (TPSA) is 32.3 Å². The minimum Gasteiger partial charge on any atom is -0.355 e. The molecule has 0 aliphatic carbocycles. The van der Waals surface area contributed by atoms with Crippen LogP contribution in [-0.4, -0.2) is 48.1 Å². The monoisotopic (exact) mass is 234 g/mol. The SMILES string of the molecule is Cc1cc(N2CCC[C@@H](N(C)C)C2)nc(C)n1. The molecule has 0 unspecified atom stereocenters. The Morgan fingerprint density at radius 2 is 2.06 bits per heavy atom. The number of aryl methyl sites for hydroxylation is 2. The van der Waals surface area contributed by atoms with Crippen LogP contribution in [0, 0.1) is 13.8 Å². The van der Waals surface area contributed by atoms with E-state index in [0.717, 1.165) is 30.4 Å². The third-order valence-corrected chi connectivity index (χ3v) is 3.40. The van der Waals surface area contributed by atoms with Crippen molar-refractivity contribution in [3.05, 3.63) is 17.6 Å². The van der Waals surface area contributed by atoms with Crippen LogP contribution in [0.5, 0.6) is 0 Å². The average Bonchev–Trinajstić information content (AvgIpc) is 2.28. The van der Waals surface area contributed by atoms with Gasteiger partial charge in [-0.1, -0.05) is 0 Å². The van der Waals surface area contributed by atoms with Crippen molar-refractivity contribution < 1.29 is 0 Å². The van der Waals surface area contributed by atoms with Crippen LogP contribution in [0.3, 0.4) is 0 Å². The molecule has 0 saturated carbocycles. The predicted octanol–water partition coefficient (Wildman–Crippen LogP) is 1.62. The van der Waals surface area contributed by atoms with Gasteiger partial charge in [0.15, 0.2) is 0 Å². The molecule has 17 heavy (non-hydrogen) atoms. The molecule has 0 N–H and O–H groups in total. The summed E-state index contributed by atoms with van der Waals surface area (Å²) in [6.07, 6.45) is 2.53. The second-order valence-corrected chi connectivity index (χ2v) is 5.12. The molecule has 0 aromatic carbocycles. The maximum absolute atomic E-state index is 4.55. The van der Waals surface area contributed by atoms with Crippen LogP contribution >= 0.6 is 0 Å². The first-order valence-corrected chi connectivity index (χ1v) is 6.30. The van der Waals surface area contributed by atoms with Crippen LogP contribution in [-0.2, 0) is 0 Å². The fourth-order valence-electron chi connectivity index (χ4n) is 2.44. The van der Waals surface area contributed by atoms with E-state index in [1.165, 1.54) is 12.8 Å². The standard InChI is InChI=1S/C13H22N4/c1-10-8-13(15-11(2)14-10)17-7-5-6-12(9-17)16(3)4/h8,12H,5-7,9H2,1-4H3/t12-/m1/s1. The molecular weight excluding hydrogens is 212 g/mol. The maximum atomic E-state index is 4.55. The van der Waals surface area contributed by atoms with Crippen molar-refractivity contribution in [1.82, 2.24) is 14.9 Å². The Hall–Kier alpha value is -1.16. The normalized spacial score (nSPS) is 21.0. The largest absolute Gasteiger partial charge is 0.355 e. The molecule has 1 aromatic rings. The highest BCUT2D eigenvalue weighted by atomic mass is 15.2. The van der Waals surface area contributed by atoms with Gasteiger partial charge < -0.3 is 9.80 Å². The van der Waals surface area contributed by atoms with E-state index < -0.39 is 0 Å². The molecule has 0 radical (unpaired) electrons. The van der Waals surface area contributed by atoms with Gasteiger partial charge in [0.25, 0.3) is 0 Å². The van der Waals surface area contributed by atoms with E-state index in [4.69, 9.17) is 0 Å². The number of hydrogen-bond acceptors (Lipinski definition) is 4. The molecule has 94 valence electrons. The minimum atomic E-state index is 0.638. The van der Waals surface area contributed by atoms with Crippen LogP contribution in [0.1, 0.15) is 24.4 Å². The Bertz CT molecular complexity index is 369. The number of aromatic nitrogens is 2. The van der Waals surface area contributed by atoms with Gasteiger partial charge in [-0.2, -0.15) is 0 Å². The van der Waals surface area contributed by atoms with Gasteiger partial charge in [0.05, 0.1) is 0 Å². The number of nitrogens with zero attached hydrogens (tertiary/aromatic N) is 4. The van der Waals surface area contributed by atoms with Gasteiger partial charge >= 0.3 is 0 Å². The summed E-state index contributed by atoms with van der Waals surface area (Å²) >= 11 is 0. The Morgan fingerprint density at radius 1 is 1.29 bits per heavy atom. The quantitative estimate of drug-likeness (QED) is 0.778. The highest BCUT2D eigenvalue weighted by molar-refractivity contribution is 5.40. The smallest absolute Gasteiger partial charge is 0.132 e. The lowest BCUT2D eigenvalue weighted by Gasteiger charge is -2.36. The molecule has 1 fully saturated rings. The van der Waals surface area contributed by atoms with Crippen LogP contribution < -0.4 is 4.90 Å². The van der Waals surface area contributed by atoms with Crippen molar-refractivity contribution in [3.8, 4) is 0 Å². The first kappa shape index (κ1) is 12.3. The Balaban J connectivity index is 2.16. The van der Waals surface area contributed by atoms with Gasteiger partial charge in [0, 0.05) is 30.9 Å². The van der Waals surface area contributed by atoms with E-state index in [0.29, 0.717) is 6.04 Å². The van der Waals surface area contributed by atoms with Gasteiger partial charge in [-0.15, -0.1) is 0 Å². The molecule has 2 rings (SSSR count). The van der Waals surface area contributed by atoms with Gasteiger partial charge in [0.1, 0.15) is 11.6 Å². The average molecular weight is 234 g/mol. The summed E-state index contributed by atoms with van der Waals surface area (Å²) in [6, 6.07) is 2.73. The zero-order valence-corrected chi connectivity index (χ0v) is 11.3. The summed E-state index contributed by atoms with van der Waals surface area (Å²) < 4.78 is 0. The predicted molar refractivity (Wildman–Crippen MR) is 70.4 cm³/mol. The lowest BCUT2D eigenvalue weighted by molar-refractivity contribution is 0.257. The van der Waals surface area contributed by atoms with Crippen LogP contribution in [0.25, 0.3) is 0 Å². The molecule has 1 aliphatic heterocycles. The summed E-state index contributed by atoms with van der Waals surface area (Å²) in [6.45, 7) is 6.18. The van der Waals surface area contributed by atoms with Gasteiger partial charge in [-0.25, -0.2) is 9.97 Å². The van der Waals surface area contributed by atoms with Crippen LogP contribution in [0.4, 0.5) is 5.82 Å². The third-order valence-electron chi connectivity index (χ3n) is 3.40. The van der Waals surface area contributed by atoms with E-state index in [-0.39, 0.29) is 0 Å². The van der Waals surface area contributed by atoms with E-state index in [9.17, 15) is 0 Å². The van der Waals surface area contributed by atoms with Crippen molar-refractivity contribution in [2.24, 2.45) is 0 Å². The molecule has 0 amide bonds. The molecule has 1 atom stereocenters. The Labute approximate surface area is 104 Å². The summed E-state index contributed by atoms with van der Waals surface area (Å²) in [5.41, 5.74) is 1.06. The van der Waals surface area contributed by atoms with E-state index in [1.807, 2.05) is 13.8 Å². The molecule has 2 heterocycles. The van der Waals surface area contributed by atoms with Crippen LogP contribution in [0.15, 0.2) is 6.07 Å². The summed E-state index contributed by atoms with van der Waals surface area (Å²) in [7, 11) is 4.31. The van der Waals surface area contributed by atoms with E-state index in [1.54, 1.807) is 0 Å². The molecule has 4 nitrogen and oxygen atoms in total. The lowest BCUT2D eigenvalue weighted by atomic mass is 10.0. The van der Waals surface area contributed by atoms with E-state index >= 15 is 0 Å². The molecular formula is C13H22N4. The highest BCUT2D eigenvalue weighted by Gasteiger charge is 2.22. The summed E-state index contributed by atoms with van der Waals surface area (Å²) in [5.74, 6) is 1.95. The number of rotatable bonds is 2. The fourth-order valence-corrected chi connectivity index (χ4v) is 2.44. The second-order valence-electron chi connectivity index (χ2n) is 5.12. The minimum absolute atomic E-state index is 0.638. The third kappa shape index (κ3) is 2.94. The molecule has 4 heteroatoms. The first-order valence-electron chi connectivity index (χ1n) is 6.30. The number of hydrogen-bond donors (Lipinski definition) is 0. The maximum Gasteiger partial charge on any atom is 0.132 e. The van der Waals surface area contributed by atoms with Crippen molar-refractivity contribution >= 4 is 5.82 Å². The summed E-state index contributed by atoms with van der Waals surface area (Å²) in [4.78, 5) is 13.6. The molecule has 0 bridgehead atoms. The highest BCUT2D eigenvalue weighted by Crippen LogP contribution is 2.20. The van der Waals surface area contributed by atoms with Crippen molar-refractivity contribution in [3.63, 3.8) is 0 Å². The molecule has 1 aliphatic rings. The molecule has 1 saturated heterocycles. The zero-order valence-electron chi connectivity index (χ0n) is 11.3. The Kier molecular flexibility index (Phi) is 3.62. The second kappa shape index (κ2) is 5.00. The van der Waals surface area contributed by atoms with Crippen LogP contribution in [0.2, 0.25) is 0 Å². The number of anilines is 1. The van der Waals surface area contributed by atoms with E-state index in [2.05, 4.69) is 39.9 Å². The first-order chi connectivity index (χ1) is 8.06. The molecule has 0 spiro atoms. The molecule has 1 aromatic heterocycles. The van der Waals surface area contributed by atoms with Gasteiger partial charge in [0.2, 0.25) is 0 Å². The zero-order chi connectivity index (χ0) is 12.4. The number of likely N-dealkylation sites (N-methyl/N-ethyl adjacent to an activating group) is 1. The van der Waals surface area contributed by atoms with Gasteiger partial charge in [-0.3, -0.25) is 0 Å². The Morgan fingerprint density at radius 3 is 2.71 bits per heavy atom. The van der Waals surface area contributed by atoms with Gasteiger partial charge in [-0.05, 0) is 40.8 Å². The number of piperidine rings is 1. The van der Waals surface area contributed by atoms with Crippen molar-refractivity contribution in [2.45, 2.75) is 32.7 Å². The fraction of sp³-hybridized carbons (Fsp3) is 0.692. The lowest BCUT2D eigenvalue weighted by Crippen LogP contribution is -2.45. The van der Waals surface area contributed by atoms with Crippen molar-refractivity contribution in [2.75, 3.05) is 32.1 Å². The summed E-state index contributed by atoms with van der Waals surface area (Å²) in [5, 5.41) is 0. The van der Waals surface area contributed by atoms with Crippen molar-refractivity contribution in [1.29, 1.82) is 0 Å².